The van der Waals surface area contributed by atoms with Crippen LogP contribution in [-0.2, 0) is 4.79 Å². The Morgan fingerprint density at radius 2 is 2.11 bits per heavy atom. The molecule has 3 N–H and O–H groups in total. The van der Waals surface area contributed by atoms with Crippen LogP contribution in [0.15, 0.2) is 0 Å². The summed E-state index contributed by atoms with van der Waals surface area (Å²) in [6, 6.07) is -0.874. The molecule has 0 aliphatic heterocycles. The molecule has 6 heteroatoms. The number of thiol groups is 1. The van der Waals surface area contributed by atoms with Gasteiger partial charge in [0.2, 0.25) is 0 Å². The molecule has 0 spiro atoms. The number of hydrogen-bond acceptors (Lipinski definition) is 3. The highest BCUT2D eigenvalue weighted by Crippen LogP contribution is 1.89. The molecule has 0 bridgehead atoms. The van der Waals surface area contributed by atoms with Gasteiger partial charge in [0, 0.05) is 0 Å². The van der Waals surface area contributed by atoms with E-state index in [4.69, 9.17) is 5.11 Å². The molecule has 0 aliphatic carbocycles. The van der Waals surface area contributed by atoms with Gasteiger partial charge in [-0.25, -0.2) is 4.79 Å². The summed E-state index contributed by atoms with van der Waals surface area (Å²) in [6.07, 6.45) is 0. The smallest absolute Gasteiger partial charge is 0.325 e. The zero-order valence-corrected chi connectivity index (χ0v) is 5.34. The lowest BCUT2D eigenvalue weighted by Gasteiger charge is -2.07. The summed E-state index contributed by atoms with van der Waals surface area (Å²) in [6.45, 7) is -0.488. The van der Waals surface area contributed by atoms with E-state index in [9.17, 15) is 9.59 Å². The van der Waals surface area contributed by atoms with E-state index < -0.39 is 18.5 Å². The van der Waals surface area contributed by atoms with E-state index in [1.807, 2.05) is 0 Å². The van der Waals surface area contributed by atoms with Crippen LogP contribution in [0.5, 0.6) is 0 Å². The summed E-state index contributed by atoms with van der Waals surface area (Å²) >= 11 is 3.44. The molecule has 52 valence electrons. The molecule has 0 aromatic rings. The summed E-state index contributed by atoms with van der Waals surface area (Å²) < 4.78 is 0.600. The number of nitrogens with two attached hydrogens (primary N) is 1. The van der Waals surface area contributed by atoms with Crippen molar-refractivity contribution in [3.8, 4) is 0 Å². The summed E-state index contributed by atoms with van der Waals surface area (Å²) in [5.41, 5.74) is 4.63. The quantitative estimate of drug-likeness (QED) is 0.455. The van der Waals surface area contributed by atoms with E-state index in [2.05, 4.69) is 18.5 Å². The molecule has 0 saturated heterocycles. The Bertz CT molecular complexity index is 137. The first-order chi connectivity index (χ1) is 4.04. The summed E-state index contributed by atoms with van der Waals surface area (Å²) in [5, 5.41) is 8.03. The van der Waals surface area contributed by atoms with Crippen molar-refractivity contribution in [3.63, 3.8) is 0 Å². The first kappa shape index (κ1) is 8.09. The number of amides is 2. The number of carboxylic acid groups (broad SMARTS) is 1. The van der Waals surface area contributed by atoms with Gasteiger partial charge in [0.1, 0.15) is 6.54 Å². The number of hydrogen-bond donors (Lipinski definition) is 3. The Morgan fingerprint density at radius 1 is 1.67 bits per heavy atom. The van der Waals surface area contributed by atoms with Crippen LogP contribution in [0, 0.1) is 0 Å². The van der Waals surface area contributed by atoms with Gasteiger partial charge in [-0.3, -0.25) is 9.10 Å². The molecule has 0 aliphatic rings. The molecule has 0 aromatic heterocycles. The highest BCUT2D eigenvalue weighted by molar-refractivity contribution is 7.78. The minimum Gasteiger partial charge on any atom is -0.480 e. The van der Waals surface area contributed by atoms with Gasteiger partial charge in [0.25, 0.3) is 0 Å². The van der Waals surface area contributed by atoms with Crippen LogP contribution >= 0.6 is 12.8 Å². The number of rotatable bonds is 2. The average molecular weight is 150 g/mol. The molecule has 0 fully saturated rings. The second kappa shape index (κ2) is 3.18. The molecular formula is C3H6N2O3S. The fourth-order valence-corrected chi connectivity index (χ4v) is 0.327. The van der Waals surface area contributed by atoms with Crippen LogP contribution in [0.3, 0.4) is 0 Å². The fourth-order valence-electron chi connectivity index (χ4n) is 0.206. The maximum absolute atomic E-state index is 10.0. The van der Waals surface area contributed by atoms with Crippen LogP contribution in [0.2, 0.25) is 0 Å². The normalized spacial score (nSPS) is 8.56. The van der Waals surface area contributed by atoms with E-state index in [1.54, 1.807) is 0 Å². The molecule has 0 radical (unpaired) electrons. The Labute approximate surface area is 57.0 Å². The van der Waals surface area contributed by atoms with Crippen molar-refractivity contribution in [2.24, 2.45) is 5.73 Å². The second-order valence-electron chi connectivity index (χ2n) is 1.29. The molecule has 0 aromatic carbocycles. The Hall–Kier alpha value is -0.910. The minimum absolute atomic E-state index is 0.488. The van der Waals surface area contributed by atoms with E-state index in [-0.39, 0.29) is 0 Å². The predicted molar refractivity (Wildman–Crippen MR) is 32.9 cm³/mol. The van der Waals surface area contributed by atoms with Gasteiger partial charge < -0.3 is 10.8 Å². The number of nitrogens with zero attached hydrogens (tertiary/aromatic N) is 1. The van der Waals surface area contributed by atoms with Crippen molar-refractivity contribution >= 4 is 24.8 Å². The van der Waals surface area contributed by atoms with E-state index >= 15 is 0 Å². The molecule has 0 atom stereocenters. The van der Waals surface area contributed by atoms with Crippen molar-refractivity contribution in [1.82, 2.24) is 4.31 Å². The Balaban J connectivity index is 3.63. The van der Waals surface area contributed by atoms with Crippen LogP contribution in [-0.4, -0.2) is 28.0 Å². The van der Waals surface area contributed by atoms with Crippen LogP contribution in [0.1, 0.15) is 0 Å². The summed E-state index contributed by atoms with van der Waals surface area (Å²) in [7, 11) is 0. The van der Waals surface area contributed by atoms with Gasteiger partial charge in [-0.05, 0) is 0 Å². The highest BCUT2D eigenvalue weighted by atomic mass is 32.1. The number of carbonyl (C=O) groups is 2. The van der Waals surface area contributed by atoms with Crippen LogP contribution in [0.25, 0.3) is 0 Å². The Kier molecular flexibility index (Phi) is 2.86. The van der Waals surface area contributed by atoms with Gasteiger partial charge in [-0.15, -0.1) is 0 Å². The van der Waals surface area contributed by atoms with Crippen LogP contribution in [0.4, 0.5) is 4.79 Å². The van der Waals surface area contributed by atoms with Gasteiger partial charge in [-0.2, -0.15) is 0 Å². The molecule has 5 nitrogen and oxygen atoms in total. The maximum Gasteiger partial charge on any atom is 0.325 e. The summed E-state index contributed by atoms with van der Waals surface area (Å²) in [5.74, 6) is -1.15. The minimum atomic E-state index is -1.15. The van der Waals surface area contributed by atoms with Crippen molar-refractivity contribution in [2.75, 3.05) is 6.54 Å². The molecule has 9 heavy (non-hydrogen) atoms. The molecule has 0 heterocycles. The first-order valence-electron chi connectivity index (χ1n) is 2.01. The summed E-state index contributed by atoms with van der Waals surface area (Å²) in [4.78, 5) is 19.9. The topological polar surface area (TPSA) is 83.6 Å². The second-order valence-corrected chi connectivity index (χ2v) is 1.77. The Morgan fingerprint density at radius 3 is 2.22 bits per heavy atom. The van der Waals surface area contributed by atoms with Gasteiger partial charge in [0.05, 0.1) is 0 Å². The average Bonchev–Trinajstić information content (AvgIpc) is 1.63. The fraction of sp³-hybridized carbons (Fsp3) is 0.333. The maximum atomic E-state index is 10.0. The number of carboxylic acids is 1. The zero-order valence-electron chi connectivity index (χ0n) is 4.44. The third-order valence-corrected chi connectivity index (χ3v) is 0.878. The van der Waals surface area contributed by atoms with Crippen molar-refractivity contribution < 1.29 is 14.7 Å². The number of primary amides is 1. The van der Waals surface area contributed by atoms with E-state index in [0.29, 0.717) is 4.31 Å². The standard InChI is InChI=1S/C3H6N2O3S/c4-3(8)5(9)1-2(6)7/h9H,1H2,(H2,4,8)(H,6,7). The van der Waals surface area contributed by atoms with Crippen molar-refractivity contribution in [2.45, 2.75) is 0 Å². The third kappa shape index (κ3) is 3.65. The SMILES string of the molecule is NC(=O)N(S)CC(=O)O. The largest absolute Gasteiger partial charge is 0.480 e. The van der Waals surface area contributed by atoms with Gasteiger partial charge in [-0.1, -0.05) is 12.8 Å². The third-order valence-electron chi connectivity index (χ3n) is 0.539. The molecular weight excluding hydrogens is 144 g/mol. The molecule has 2 amide bonds. The van der Waals surface area contributed by atoms with Gasteiger partial charge >= 0.3 is 12.0 Å². The lowest BCUT2D eigenvalue weighted by Crippen LogP contribution is -2.31. The predicted octanol–water partition coefficient (Wildman–Crippen LogP) is -0.704. The lowest BCUT2D eigenvalue weighted by molar-refractivity contribution is -0.136. The number of urea groups is 1. The molecule has 0 saturated carbocycles. The van der Waals surface area contributed by atoms with E-state index in [0.717, 1.165) is 0 Å². The van der Waals surface area contributed by atoms with Crippen LogP contribution < -0.4 is 5.73 Å². The molecule has 0 unspecified atom stereocenters. The number of aliphatic carboxylic acids is 1. The monoisotopic (exact) mass is 150 g/mol. The number of carbonyl (C=O) groups excluding carboxylic acids is 1. The van der Waals surface area contributed by atoms with Gasteiger partial charge in [0.15, 0.2) is 0 Å². The molecule has 0 rings (SSSR count). The van der Waals surface area contributed by atoms with Crippen molar-refractivity contribution in [1.29, 1.82) is 0 Å². The highest BCUT2D eigenvalue weighted by Gasteiger charge is 2.07. The van der Waals surface area contributed by atoms with E-state index in [1.165, 1.54) is 0 Å². The zero-order chi connectivity index (χ0) is 7.44. The van der Waals surface area contributed by atoms with Crippen molar-refractivity contribution in [3.05, 3.63) is 0 Å². The first-order valence-corrected chi connectivity index (χ1v) is 2.41. The lowest BCUT2D eigenvalue weighted by atomic mass is 10.6.